The lowest BCUT2D eigenvalue weighted by Gasteiger charge is -2.08. The number of hydrogen-bond acceptors (Lipinski definition) is 3. The van der Waals surface area contributed by atoms with E-state index in [0.717, 1.165) is 11.1 Å². The van der Waals surface area contributed by atoms with Gasteiger partial charge >= 0.3 is 0 Å². The van der Waals surface area contributed by atoms with Crippen LogP contribution in [-0.4, -0.2) is 10.9 Å². The first kappa shape index (κ1) is 13.4. The predicted octanol–water partition coefficient (Wildman–Crippen LogP) is 2.81. The number of nitrogens with two attached hydrogens (primary N) is 1. The van der Waals surface area contributed by atoms with E-state index in [1.165, 1.54) is 6.20 Å². The summed E-state index contributed by atoms with van der Waals surface area (Å²) in [4.78, 5) is 16.0. The lowest BCUT2D eigenvalue weighted by Crippen LogP contribution is -2.16. The van der Waals surface area contributed by atoms with Gasteiger partial charge in [0.25, 0.3) is 0 Å². The molecule has 0 aliphatic heterocycles. The lowest BCUT2D eigenvalue weighted by atomic mass is 10.1. The Bertz CT molecular complexity index is 613. The number of benzene rings is 1. The van der Waals surface area contributed by atoms with Crippen LogP contribution in [0.4, 0.5) is 11.5 Å². The summed E-state index contributed by atoms with van der Waals surface area (Å²) in [6, 6.07) is 9.02. The third-order valence-electron chi connectivity index (χ3n) is 2.67. The number of anilines is 2. The van der Waals surface area contributed by atoms with Crippen molar-refractivity contribution >= 4 is 29.0 Å². The largest absolute Gasteiger partial charge is 0.397 e. The minimum atomic E-state index is -0.159. The van der Waals surface area contributed by atoms with Crippen molar-refractivity contribution in [2.45, 2.75) is 13.3 Å². The van der Waals surface area contributed by atoms with Gasteiger partial charge < -0.3 is 11.1 Å². The van der Waals surface area contributed by atoms with E-state index < -0.39 is 0 Å². The van der Waals surface area contributed by atoms with Gasteiger partial charge in [-0.3, -0.25) is 4.79 Å². The first-order valence-electron chi connectivity index (χ1n) is 5.81. The standard InChI is InChI=1S/C14H14ClN3O/c1-9-6-11(16)8-17-14(9)18-13(19)7-10-4-2-3-5-12(10)15/h2-6,8H,7,16H2,1H3,(H,17,18,19). The summed E-state index contributed by atoms with van der Waals surface area (Å²) in [5.41, 5.74) is 7.79. The smallest absolute Gasteiger partial charge is 0.230 e. The van der Waals surface area contributed by atoms with Crippen LogP contribution in [0.3, 0.4) is 0 Å². The van der Waals surface area contributed by atoms with Crippen LogP contribution in [0.2, 0.25) is 5.02 Å². The molecule has 1 heterocycles. The van der Waals surface area contributed by atoms with E-state index in [9.17, 15) is 4.79 Å². The molecule has 0 aliphatic rings. The number of rotatable bonds is 3. The Morgan fingerprint density at radius 2 is 2.16 bits per heavy atom. The Morgan fingerprint density at radius 3 is 2.84 bits per heavy atom. The van der Waals surface area contributed by atoms with E-state index in [2.05, 4.69) is 10.3 Å². The Morgan fingerprint density at radius 1 is 1.42 bits per heavy atom. The molecule has 19 heavy (non-hydrogen) atoms. The summed E-state index contributed by atoms with van der Waals surface area (Å²) in [6.45, 7) is 1.84. The van der Waals surface area contributed by atoms with Crippen LogP contribution in [0.5, 0.6) is 0 Å². The monoisotopic (exact) mass is 275 g/mol. The number of carbonyl (C=O) groups is 1. The molecular formula is C14H14ClN3O. The quantitative estimate of drug-likeness (QED) is 0.905. The Labute approximate surface area is 116 Å². The molecule has 5 heteroatoms. The second-order valence-corrected chi connectivity index (χ2v) is 4.66. The summed E-state index contributed by atoms with van der Waals surface area (Å²) in [7, 11) is 0. The maximum absolute atomic E-state index is 11.9. The van der Waals surface area contributed by atoms with E-state index in [1.807, 2.05) is 25.1 Å². The van der Waals surface area contributed by atoms with Crippen LogP contribution < -0.4 is 11.1 Å². The fraction of sp³-hybridized carbons (Fsp3) is 0.143. The molecule has 1 aromatic heterocycles. The Kier molecular flexibility index (Phi) is 4.02. The molecule has 0 atom stereocenters. The van der Waals surface area contributed by atoms with Gasteiger partial charge in [0, 0.05) is 5.02 Å². The number of amides is 1. The molecule has 2 aromatic rings. The van der Waals surface area contributed by atoms with Gasteiger partial charge in [0.15, 0.2) is 0 Å². The van der Waals surface area contributed by atoms with Gasteiger partial charge in [-0.15, -0.1) is 0 Å². The van der Waals surface area contributed by atoms with Crippen LogP contribution >= 0.6 is 11.6 Å². The molecule has 0 bridgehead atoms. The SMILES string of the molecule is Cc1cc(N)cnc1NC(=O)Cc1ccccc1Cl. The van der Waals surface area contributed by atoms with Crippen LogP contribution in [0, 0.1) is 6.92 Å². The van der Waals surface area contributed by atoms with Crippen molar-refractivity contribution in [2.75, 3.05) is 11.1 Å². The molecular weight excluding hydrogens is 262 g/mol. The van der Waals surface area contributed by atoms with Crippen LogP contribution in [0.25, 0.3) is 0 Å². The third kappa shape index (κ3) is 3.45. The van der Waals surface area contributed by atoms with Gasteiger partial charge in [0.2, 0.25) is 5.91 Å². The highest BCUT2D eigenvalue weighted by atomic mass is 35.5. The number of nitrogens with zero attached hydrogens (tertiary/aromatic N) is 1. The summed E-state index contributed by atoms with van der Waals surface area (Å²) < 4.78 is 0. The van der Waals surface area contributed by atoms with Gasteiger partial charge in [-0.25, -0.2) is 4.98 Å². The second-order valence-electron chi connectivity index (χ2n) is 4.25. The minimum absolute atomic E-state index is 0.159. The zero-order chi connectivity index (χ0) is 13.8. The first-order valence-corrected chi connectivity index (χ1v) is 6.19. The molecule has 1 aromatic carbocycles. The second kappa shape index (κ2) is 5.71. The van der Waals surface area contributed by atoms with E-state index in [-0.39, 0.29) is 12.3 Å². The molecule has 0 saturated heterocycles. The molecule has 0 spiro atoms. The highest BCUT2D eigenvalue weighted by molar-refractivity contribution is 6.31. The molecule has 3 N–H and O–H groups in total. The predicted molar refractivity (Wildman–Crippen MR) is 77.2 cm³/mol. The third-order valence-corrected chi connectivity index (χ3v) is 3.03. The topological polar surface area (TPSA) is 68.0 Å². The molecule has 0 fully saturated rings. The molecule has 0 aliphatic carbocycles. The van der Waals surface area contributed by atoms with Crippen LogP contribution in [0.15, 0.2) is 36.5 Å². The maximum atomic E-state index is 11.9. The van der Waals surface area contributed by atoms with E-state index in [4.69, 9.17) is 17.3 Å². The van der Waals surface area contributed by atoms with E-state index in [0.29, 0.717) is 16.5 Å². The van der Waals surface area contributed by atoms with Crippen molar-refractivity contribution < 1.29 is 4.79 Å². The maximum Gasteiger partial charge on any atom is 0.230 e. The van der Waals surface area contributed by atoms with Crippen molar-refractivity contribution in [3.63, 3.8) is 0 Å². The minimum Gasteiger partial charge on any atom is -0.397 e. The zero-order valence-electron chi connectivity index (χ0n) is 10.5. The number of halogens is 1. The number of nitrogen functional groups attached to an aromatic ring is 1. The fourth-order valence-corrected chi connectivity index (χ4v) is 1.92. The highest BCUT2D eigenvalue weighted by Gasteiger charge is 2.09. The summed E-state index contributed by atoms with van der Waals surface area (Å²) >= 11 is 6.01. The summed E-state index contributed by atoms with van der Waals surface area (Å²) in [6.07, 6.45) is 1.73. The number of aryl methyl sites for hydroxylation is 1. The van der Waals surface area contributed by atoms with E-state index in [1.54, 1.807) is 12.1 Å². The summed E-state index contributed by atoms with van der Waals surface area (Å²) in [5, 5.41) is 3.33. The molecule has 1 amide bonds. The zero-order valence-corrected chi connectivity index (χ0v) is 11.2. The average molecular weight is 276 g/mol. The molecule has 4 nitrogen and oxygen atoms in total. The number of carbonyl (C=O) groups excluding carboxylic acids is 1. The molecule has 98 valence electrons. The number of hydrogen-bond donors (Lipinski definition) is 2. The lowest BCUT2D eigenvalue weighted by molar-refractivity contribution is -0.115. The van der Waals surface area contributed by atoms with Crippen molar-refractivity contribution in [3.05, 3.63) is 52.7 Å². The van der Waals surface area contributed by atoms with Crippen molar-refractivity contribution in [1.82, 2.24) is 4.98 Å². The van der Waals surface area contributed by atoms with Crippen LogP contribution in [-0.2, 0) is 11.2 Å². The van der Waals surface area contributed by atoms with Crippen molar-refractivity contribution in [1.29, 1.82) is 0 Å². The summed E-state index contributed by atoms with van der Waals surface area (Å²) in [5.74, 6) is 0.361. The Hall–Kier alpha value is -2.07. The molecule has 0 saturated carbocycles. The molecule has 0 radical (unpaired) electrons. The van der Waals surface area contributed by atoms with Gasteiger partial charge in [-0.2, -0.15) is 0 Å². The number of nitrogens with one attached hydrogen (secondary N) is 1. The van der Waals surface area contributed by atoms with Gasteiger partial charge in [0.1, 0.15) is 5.82 Å². The van der Waals surface area contributed by atoms with Gasteiger partial charge in [-0.05, 0) is 30.2 Å². The van der Waals surface area contributed by atoms with Crippen molar-refractivity contribution in [2.24, 2.45) is 0 Å². The average Bonchev–Trinajstić information content (AvgIpc) is 2.36. The van der Waals surface area contributed by atoms with Crippen molar-refractivity contribution in [3.8, 4) is 0 Å². The van der Waals surface area contributed by atoms with E-state index >= 15 is 0 Å². The van der Waals surface area contributed by atoms with Gasteiger partial charge in [0.05, 0.1) is 18.3 Å². The van der Waals surface area contributed by atoms with Gasteiger partial charge in [-0.1, -0.05) is 29.8 Å². The fourth-order valence-electron chi connectivity index (χ4n) is 1.72. The Balaban J connectivity index is 2.08. The number of aromatic nitrogens is 1. The normalized spacial score (nSPS) is 10.2. The van der Waals surface area contributed by atoms with Crippen LogP contribution in [0.1, 0.15) is 11.1 Å². The number of pyridine rings is 1. The highest BCUT2D eigenvalue weighted by Crippen LogP contribution is 2.17. The molecule has 0 unspecified atom stereocenters. The first-order chi connectivity index (χ1) is 9.06. The molecule has 2 rings (SSSR count).